The molecule has 2 saturated heterocycles. The van der Waals surface area contributed by atoms with Crippen LogP contribution in [-0.4, -0.2) is 66.9 Å². The average Bonchev–Trinajstić information content (AvgIpc) is 2.98. The summed E-state index contributed by atoms with van der Waals surface area (Å²) >= 11 is 0. The molecule has 2 aliphatic rings. The van der Waals surface area contributed by atoms with Gasteiger partial charge in [0.2, 0.25) is 0 Å². The molecule has 30 heavy (non-hydrogen) atoms. The third-order valence-corrected chi connectivity index (χ3v) is 5.88. The number of rotatable bonds is 6. The van der Waals surface area contributed by atoms with E-state index in [1.165, 1.54) is 0 Å². The van der Waals surface area contributed by atoms with Crippen LogP contribution < -0.4 is 14.8 Å². The SMILES string of the molecule is COc1ccc(CN2C(C(C)(C)C)[C@H](NC(=O)O)[C@H]2C2COC(C)(C)O2)c(OC)c1. The minimum absolute atomic E-state index is 0.0160. The summed E-state index contributed by atoms with van der Waals surface area (Å²) in [6.45, 7) is 11.1. The van der Waals surface area contributed by atoms with Gasteiger partial charge in [-0.2, -0.15) is 0 Å². The van der Waals surface area contributed by atoms with Crippen molar-refractivity contribution in [3.8, 4) is 11.5 Å². The van der Waals surface area contributed by atoms with E-state index < -0.39 is 11.9 Å². The van der Waals surface area contributed by atoms with Gasteiger partial charge in [-0.1, -0.05) is 26.8 Å². The first-order valence-corrected chi connectivity index (χ1v) is 10.2. The molecule has 1 amide bonds. The van der Waals surface area contributed by atoms with E-state index in [9.17, 15) is 9.90 Å². The van der Waals surface area contributed by atoms with Gasteiger partial charge < -0.3 is 29.4 Å². The van der Waals surface area contributed by atoms with Gasteiger partial charge in [0.15, 0.2) is 5.79 Å². The van der Waals surface area contributed by atoms with E-state index in [1.807, 2.05) is 32.0 Å². The summed E-state index contributed by atoms with van der Waals surface area (Å²) < 4.78 is 22.8. The van der Waals surface area contributed by atoms with E-state index in [1.54, 1.807) is 14.2 Å². The third kappa shape index (κ3) is 4.50. The number of carbonyl (C=O) groups is 1. The highest BCUT2D eigenvalue weighted by atomic mass is 16.7. The van der Waals surface area contributed by atoms with Crippen molar-refractivity contribution >= 4 is 6.09 Å². The standard InChI is InChI=1S/C22H34N2O6/c1-21(2,3)19-17(23-20(25)26)18(16-12-29-22(4,5)30-16)24(19)11-13-8-9-14(27-6)10-15(13)28-7/h8-10,16-19,23H,11-12H2,1-7H3,(H,25,26)/t16?,17-,18-,19?/m1/s1. The molecule has 2 heterocycles. The van der Waals surface area contributed by atoms with Gasteiger partial charge in [0.25, 0.3) is 0 Å². The average molecular weight is 423 g/mol. The Hall–Kier alpha value is -2.03. The van der Waals surface area contributed by atoms with E-state index >= 15 is 0 Å². The minimum atomic E-state index is -1.03. The van der Waals surface area contributed by atoms with E-state index in [0.717, 1.165) is 17.1 Å². The van der Waals surface area contributed by atoms with E-state index in [2.05, 4.69) is 31.0 Å². The van der Waals surface area contributed by atoms with Crippen molar-refractivity contribution in [3.05, 3.63) is 23.8 Å². The summed E-state index contributed by atoms with van der Waals surface area (Å²) in [5, 5.41) is 12.2. The predicted molar refractivity (Wildman–Crippen MR) is 112 cm³/mol. The van der Waals surface area contributed by atoms with Gasteiger partial charge in [0, 0.05) is 24.2 Å². The Morgan fingerprint density at radius 3 is 2.50 bits per heavy atom. The smallest absolute Gasteiger partial charge is 0.404 e. The van der Waals surface area contributed by atoms with Gasteiger partial charge in [0.05, 0.1) is 32.9 Å². The Bertz CT molecular complexity index is 775. The molecule has 1 aromatic rings. The highest BCUT2D eigenvalue weighted by Gasteiger charge is 2.58. The summed E-state index contributed by atoms with van der Waals surface area (Å²) in [7, 11) is 3.26. The molecule has 2 aliphatic heterocycles. The van der Waals surface area contributed by atoms with Crippen molar-refractivity contribution in [3.63, 3.8) is 0 Å². The lowest BCUT2D eigenvalue weighted by Crippen LogP contribution is -2.79. The van der Waals surface area contributed by atoms with Crippen molar-refractivity contribution in [1.29, 1.82) is 0 Å². The number of likely N-dealkylation sites (tertiary alicyclic amines) is 1. The highest BCUT2D eigenvalue weighted by Crippen LogP contribution is 2.44. The van der Waals surface area contributed by atoms with Gasteiger partial charge in [0.1, 0.15) is 17.6 Å². The molecular weight excluding hydrogens is 388 g/mol. The van der Waals surface area contributed by atoms with Gasteiger partial charge >= 0.3 is 6.09 Å². The molecule has 2 unspecified atom stereocenters. The maximum Gasteiger partial charge on any atom is 0.404 e. The summed E-state index contributed by atoms with van der Waals surface area (Å²) in [5.74, 6) is 0.775. The molecule has 1 aromatic carbocycles. The van der Waals surface area contributed by atoms with Crippen LogP contribution in [0.15, 0.2) is 18.2 Å². The van der Waals surface area contributed by atoms with Gasteiger partial charge in [-0.25, -0.2) is 4.79 Å². The fourth-order valence-corrected chi connectivity index (χ4v) is 4.74. The molecule has 0 aromatic heterocycles. The Morgan fingerprint density at radius 2 is 2.00 bits per heavy atom. The lowest BCUT2D eigenvalue weighted by molar-refractivity contribution is -0.177. The van der Waals surface area contributed by atoms with Crippen LogP contribution in [0.3, 0.4) is 0 Å². The molecule has 0 radical (unpaired) electrons. The van der Waals surface area contributed by atoms with Crippen LogP contribution >= 0.6 is 0 Å². The lowest BCUT2D eigenvalue weighted by Gasteiger charge is -2.61. The van der Waals surface area contributed by atoms with E-state index in [-0.39, 0.29) is 29.6 Å². The monoisotopic (exact) mass is 422 g/mol. The Labute approximate surface area is 178 Å². The van der Waals surface area contributed by atoms with Crippen molar-refractivity contribution in [1.82, 2.24) is 10.2 Å². The second-order valence-corrected chi connectivity index (χ2v) is 9.49. The van der Waals surface area contributed by atoms with Crippen LogP contribution in [0, 0.1) is 5.41 Å². The zero-order valence-electron chi connectivity index (χ0n) is 18.9. The molecule has 0 spiro atoms. The molecule has 0 saturated carbocycles. The number of nitrogens with one attached hydrogen (secondary N) is 1. The van der Waals surface area contributed by atoms with Crippen LogP contribution in [-0.2, 0) is 16.0 Å². The number of ether oxygens (including phenoxy) is 4. The van der Waals surface area contributed by atoms with E-state index in [0.29, 0.717) is 13.2 Å². The normalized spacial score (nSPS) is 28.6. The number of amides is 1. The fourth-order valence-electron chi connectivity index (χ4n) is 4.74. The van der Waals surface area contributed by atoms with Crippen LogP contribution in [0.4, 0.5) is 4.79 Å². The second-order valence-electron chi connectivity index (χ2n) is 9.49. The van der Waals surface area contributed by atoms with Gasteiger partial charge in [-0.3, -0.25) is 4.90 Å². The van der Waals surface area contributed by atoms with Crippen LogP contribution in [0.25, 0.3) is 0 Å². The van der Waals surface area contributed by atoms with Gasteiger partial charge in [-0.15, -0.1) is 0 Å². The summed E-state index contributed by atoms with van der Waals surface area (Å²) in [5.41, 5.74) is 0.850. The first kappa shape index (κ1) is 22.7. The maximum atomic E-state index is 11.6. The quantitative estimate of drug-likeness (QED) is 0.728. The molecule has 8 heteroatoms. The third-order valence-electron chi connectivity index (χ3n) is 5.88. The number of methoxy groups -OCH3 is 2. The lowest BCUT2D eigenvalue weighted by atomic mass is 9.69. The van der Waals surface area contributed by atoms with Crippen LogP contribution in [0.5, 0.6) is 11.5 Å². The van der Waals surface area contributed by atoms with Crippen molar-refractivity contribution < 1.29 is 28.8 Å². The molecule has 4 atom stereocenters. The van der Waals surface area contributed by atoms with E-state index in [4.69, 9.17) is 18.9 Å². The van der Waals surface area contributed by atoms with Crippen molar-refractivity contribution in [2.24, 2.45) is 5.41 Å². The number of hydrogen-bond donors (Lipinski definition) is 2. The molecule has 0 bridgehead atoms. The van der Waals surface area contributed by atoms with Crippen molar-refractivity contribution in [2.45, 2.75) is 71.2 Å². The molecule has 2 fully saturated rings. The van der Waals surface area contributed by atoms with Crippen LogP contribution in [0.1, 0.15) is 40.2 Å². The summed E-state index contributed by atoms with van der Waals surface area (Å²) in [6.07, 6.45) is -1.27. The molecule has 3 rings (SSSR count). The Morgan fingerprint density at radius 1 is 1.30 bits per heavy atom. The van der Waals surface area contributed by atoms with Crippen molar-refractivity contribution in [2.75, 3.05) is 20.8 Å². The fraction of sp³-hybridized carbons (Fsp3) is 0.682. The summed E-state index contributed by atoms with van der Waals surface area (Å²) in [6, 6.07) is 5.32. The zero-order chi connectivity index (χ0) is 22.3. The first-order valence-electron chi connectivity index (χ1n) is 10.2. The number of carboxylic acid groups (broad SMARTS) is 1. The predicted octanol–water partition coefficient (Wildman–Crippen LogP) is 3.09. The topological polar surface area (TPSA) is 89.5 Å². The molecular formula is C22H34N2O6. The van der Waals surface area contributed by atoms with Gasteiger partial charge in [-0.05, 0) is 25.3 Å². The Kier molecular flexibility index (Phi) is 6.23. The maximum absolute atomic E-state index is 11.6. The minimum Gasteiger partial charge on any atom is -0.497 e. The highest BCUT2D eigenvalue weighted by molar-refractivity contribution is 5.65. The Balaban J connectivity index is 1.94. The molecule has 8 nitrogen and oxygen atoms in total. The first-order chi connectivity index (χ1) is 14.0. The molecule has 2 N–H and O–H groups in total. The largest absolute Gasteiger partial charge is 0.497 e. The van der Waals surface area contributed by atoms with Crippen LogP contribution in [0.2, 0.25) is 0 Å². The molecule has 168 valence electrons. The summed E-state index contributed by atoms with van der Waals surface area (Å²) in [4.78, 5) is 13.9. The zero-order valence-corrected chi connectivity index (χ0v) is 18.9. The number of nitrogens with zero attached hydrogens (tertiary/aromatic N) is 1. The molecule has 0 aliphatic carbocycles. The second kappa shape index (κ2) is 8.24. The number of hydrogen-bond acceptors (Lipinski definition) is 6. The number of benzene rings is 1.